The molecule has 70 valence electrons. The van der Waals surface area contributed by atoms with Crippen LogP contribution in [0, 0.1) is 0 Å². The van der Waals surface area contributed by atoms with Crippen molar-refractivity contribution in [1.29, 1.82) is 0 Å². The molecule has 0 saturated carbocycles. The largest absolute Gasteiger partial charge is 0.477 e. The van der Waals surface area contributed by atoms with Crippen LogP contribution in [0.25, 0.3) is 0 Å². The molecule has 0 fully saturated rings. The predicted molar refractivity (Wildman–Crippen MR) is 49.6 cm³/mol. The lowest BCUT2D eigenvalue weighted by Gasteiger charge is -1.91. The number of nitrogens with one attached hydrogen (secondary N) is 1. The van der Waals surface area contributed by atoms with Gasteiger partial charge in [0.15, 0.2) is 5.12 Å². The third-order valence-corrected chi connectivity index (χ3v) is 2.34. The van der Waals surface area contributed by atoms with Crippen molar-refractivity contribution in [2.75, 3.05) is 0 Å². The van der Waals surface area contributed by atoms with Crippen LogP contribution in [-0.4, -0.2) is 20.6 Å². The van der Waals surface area contributed by atoms with E-state index in [1.807, 2.05) is 0 Å². The van der Waals surface area contributed by atoms with Crippen LogP contribution in [-0.2, 0) is 11.2 Å². The SMILES string of the molecule is O=C(S)Cc1s[nH]c(=O)c1C(=O)O. The number of carboxylic acid groups (broad SMARTS) is 1. The van der Waals surface area contributed by atoms with E-state index in [0.29, 0.717) is 0 Å². The van der Waals surface area contributed by atoms with Crippen molar-refractivity contribution in [2.24, 2.45) is 0 Å². The summed E-state index contributed by atoms with van der Waals surface area (Å²) in [7, 11) is 0. The van der Waals surface area contributed by atoms with Gasteiger partial charge in [-0.3, -0.25) is 14.0 Å². The van der Waals surface area contributed by atoms with Gasteiger partial charge in [0.1, 0.15) is 5.56 Å². The highest BCUT2D eigenvalue weighted by atomic mass is 32.1. The molecule has 0 aromatic carbocycles. The van der Waals surface area contributed by atoms with E-state index in [1.165, 1.54) is 0 Å². The van der Waals surface area contributed by atoms with Crippen LogP contribution in [0.15, 0.2) is 4.79 Å². The molecule has 1 rings (SSSR count). The van der Waals surface area contributed by atoms with Crippen molar-refractivity contribution < 1.29 is 14.7 Å². The van der Waals surface area contributed by atoms with Gasteiger partial charge in [0, 0.05) is 0 Å². The molecule has 1 aromatic heterocycles. The first kappa shape index (κ1) is 10.0. The second-order valence-corrected chi connectivity index (χ2v) is 3.61. The van der Waals surface area contributed by atoms with Crippen molar-refractivity contribution in [3.05, 3.63) is 20.8 Å². The molecule has 7 heteroatoms. The third kappa shape index (κ3) is 2.19. The number of carbonyl (C=O) groups excluding carboxylic acids is 1. The Morgan fingerprint density at radius 2 is 2.15 bits per heavy atom. The molecule has 2 N–H and O–H groups in total. The Balaban J connectivity index is 3.15. The lowest BCUT2D eigenvalue weighted by atomic mass is 10.2. The number of H-pyrrole nitrogens is 1. The summed E-state index contributed by atoms with van der Waals surface area (Å²) >= 11 is 4.34. The highest BCUT2D eigenvalue weighted by Crippen LogP contribution is 2.11. The standard InChI is InChI=1S/C6H5NO4S2/c8-3(12)1-2-4(6(10)11)5(9)7-13-2/h1H2,(H,7,9)(H,8,12)(H,10,11). The van der Waals surface area contributed by atoms with Crippen LogP contribution < -0.4 is 5.56 Å². The molecule has 1 aromatic rings. The van der Waals surface area contributed by atoms with Gasteiger partial charge in [0.05, 0.1) is 11.3 Å². The van der Waals surface area contributed by atoms with Gasteiger partial charge in [-0.25, -0.2) is 4.79 Å². The van der Waals surface area contributed by atoms with E-state index >= 15 is 0 Å². The Hall–Kier alpha value is -1.08. The van der Waals surface area contributed by atoms with Crippen LogP contribution in [0.3, 0.4) is 0 Å². The van der Waals surface area contributed by atoms with Gasteiger partial charge >= 0.3 is 5.97 Å². The van der Waals surface area contributed by atoms with E-state index in [0.717, 1.165) is 11.5 Å². The number of thiol groups is 1. The van der Waals surface area contributed by atoms with Crippen LogP contribution >= 0.6 is 24.2 Å². The first-order chi connectivity index (χ1) is 6.02. The summed E-state index contributed by atoms with van der Waals surface area (Å²) in [6.45, 7) is 0. The summed E-state index contributed by atoms with van der Waals surface area (Å²) in [6, 6.07) is 0. The normalized spacial score (nSPS) is 9.92. The Bertz CT molecular complexity index is 405. The van der Waals surface area contributed by atoms with E-state index in [1.54, 1.807) is 0 Å². The number of aromatic amines is 1. The van der Waals surface area contributed by atoms with Crippen molar-refractivity contribution in [1.82, 2.24) is 4.37 Å². The number of hydrogen-bond donors (Lipinski definition) is 3. The number of aromatic carboxylic acids is 1. The van der Waals surface area contributed by atoms with Gasteiger partial charge in [0.2, 0.25) is 0 Å². The van der Waals surface area contributed by atoms with Gasteiger partial charge in [0.25, 0.3) is 5.56 Å². The van der Waals surface area contributed by atoms with Gasteiger partial charge < -0.3 is 5.11 Å². The molecule has 0 aliphatic carbocycles. The average Bonchev–Trinajstić information content (AvgIpc) is 2.30. The topological polar surface area (TPSA) is 87.2 Å². The molecule has 13 heavy (non-hydrogen) atoms. The predicted octanol–water partition coefficient (Wildman–Crippen LogP) is 0.133. The molecule has 0 saturated heterocycles. The van der Waals surface area contributed by atoms with Crippen LogP contribution in [0.1, 0.15) is 15.2 Å². The summed E-state index contributed by atoms with van der Waals surface area (Å²) in [5.41, 5.74) is -1.05. The average molecular weight is 219 g/mol. The second kappa shape index (κ2) is 3.75. The van der Waals surface area contributed by atoms with Crippen LogP contribution in [0.2, 0.25) is 0 Å². The maximum Gasteiger partial charge on any atom is 0.342 e. The van der Waals surface area contributed by atoms with Crippen LogP contribution in [0.4, 0.5) is 0 Å². The Morgan fingerprint density at radius 1 is 1.54 bits per heavy atom. The van der Waals surface area contributed by atoms with Gasteiger partial charge in [-0.1, -0.05) is 11.5 Å². The zero-order chi connectivity index (χ0) is 10.0. The summed E-state index contributed by atoms with van der Waals surface area (Å²) in [5, 5.41) is 8.12. The molecule has 0 spiro atoms. The van der Waals surface area contributed by atoms with Crippen LogP contribution in [0.5, 0.6) is 0 Å². The first-order valence-corrected chi connectivity index (χ1v) is 4.44. The fourth-order valence-electron chi connectivity index (χ4n) is 0.815. The minimum atomic E-state index is -1.33. The van der Waals surface area contributed by atoms with Gasteiger partial charge in [-0.2, -0.15) is 0 Å². The first-order valence-electron chi connectivity index (χ1n) is 3.17. The minimum absolute atomic E-state index is 0.145. The maximum absolute atomic E-state index is 10.9. The number of aromatic nitrogens is 1. The van der Waals surface area contributed by atoms with Crippen molar-refractivity contribution in [2.45, 2.75) is 6.42 Å². The third-order valence-electron chi connectivity index (χ3n) is 1.30. The molecule has 0 unspecified atom stereocenters. The zero-order valence-electron chi connectivity index (χ0n) is 6.23. The smallest absolute Gasteiger partial charge is 0.342 e. The molecule has 0 aliphatic heterocycles. The molecule has 0 atom stereocenters. The Morgan fingerprint density at radius 3 is 2.62 bits per heavy atom. The van der Waals surface area contributed by atoms with E-state index in [9.17, 15) is 14.4 Å². The van der Waals surface area contributed by atoms with Gasteiger partial charge in [-0.05, 0) is 0 Å². The minimum Gasteiger partial charge on any atom is -0.477 e. The summed E-state index contributed by atoms with van der Waals surface area (Å²) < 4.78 is 2.24. The molecular formula is C6H5NO4S2. The summed E-state index contributed by atoms with van der Waals surface area (Å²) in [5.74, 6) is -1.33. The quantitative estimate of drug-likeness (QED) is 0.631. The van der Waals surface area contributed by atoms with Crippen molar-refractivity contribution in [3.63, 3.8) is 0 Å². The summed E-state index contributed by atoms with van der Waals surface area (Å²) in [6.07, 6.45) is -0.145. The second-order valence-electron chi connectivity index (χ2n) is 2.21. The molecule has 0 bridgehead atoms. The van der Waals surface area contributed by atoms with Crippen molar-refractivity contribution >= 4 is 35.2 Å². The van der Waals surface area contributed by atoms with Crippen molar-refractivity contribution in [3.8, 4) is 0 Å². The molecule has 0 radical (unpaired) electrons. The highest BCUT2D eigenvalue weighted by molar-refractivity contribution is 7.96. The lowest BCUT2D eigenvalue weighted by molar-refractivity contribution is -0.110. The monoisotopic (exact) mass is 219 g/mol. The number of carboxylic acids is 1. The maximum atomic E-state index is 10.9. The van der Waals surface area contributed by atoms with E-state index < -0.39 is 16.6 Å². The van der Waals surface area contributed by atoms with E-state index in [-0.39, 0.29) is 16.9 Å². The molecule has 0 amide bonds. The Kier molecular flexibility index (Phi) is 2.89. The number of carbonyl (C=O) groups is 2. The lowest BCUT2D eigenvalue weighted by Crippen LogP contribution is -2.13. The highest BCUT2D eigenvalue weighted by Gasteiger charge is 2.18. The molecule has 5 nitrogen and oxygen atoms in total. The fraction of sp³-hybridized carbons (Fsp3) is 0.167. The van der Waals surface area contributed by atoms with Gasteiger partial charge in [-0.15, -0.1) is 12.6 Å². The number of rotatable bonds is 3. The van der Waals surface area contributed by atoms with E-state index in [2.05, 4.69) is 17.0 Å². The zero-order valence-corrected chi connectivity index (χ0v) is 7.95. The molecular weight excluding hydrogens is 214 g/mol. The summed E-state index contributed by atoms with van der Waals surface area (Å²) in [4.78, 5) is 32.2. The molecule has 0 aliphatic rings. The number of hydrogen-bond acceptors (Lipinski definition) is 4. The van der Waals surface area contributed by atoms with E-state index in [4.69, 9.17) is 5.11 Å². The fourth-order valence-corrected chi connectivity index (χ4v) is 1.88. The molecule has 1 heterocycles. The Labute approximate surface area is 82.0 Å².